The third-order valence-corrected chi connectivity index (χ3v) is 6.75. The molecule has 1 fully saturated rings. The molecule has 0 aromatic carbocycles. The molecule has 0 spiro atoms. The van der Waals surface area contributed by atoms with Crippen LogP contribution in [0.2, 0.25) is 18.6 Å². The smallest absolute Gasteiger partial charge is 0.190 e. The van der Waals surface area contributed by atoms with Gasteiger partial charge in [0.1, 0.15) is 0 Å². The summed E-state index contributed by atoms with van der Waals surface area (Å²) in [5.41, 5.74) is 0.920. The first-order chi connectivity index (χ1) is 6.02. The summed E-state index contributed by atoms with van der Waals surface area (Å²) in [7, 11) is -1.37. The van der Waals surface area contributed by atoms with Gasteiger partial charge in [-0.1, -0.05) is 32.1 Å². The largest absolute Gasteiger partial charge is 0.415 e. The van der Waals surface area contributed by atoms with Crippen molar-refractivity contribution in [3.8, 4) is 0 Å². The second-order valence-electron chi connectivity index (χ2n) is 5.10. The van der Waals surface area contributed by atoms with E-state index in [1.54, 1.807) is 0 Å². The molecule has 0 unspecified atom stereocenters. The summed E-state index contributed by atoms with van der Waals surface area (Å²) in [6.07, 6.45) is 7.58. The SMILES string of the molecule is CC(C)O[Si](C)(C)C1CCCCC1. The maximum Gasteiger partial charge on any atom is 0.190 e. The Bertz CT molecular complexity index is 148. The lowest BCUT2D eigenvalue weighted by atomic mass is 10.0. The monoisotopic (exact) mass is 200 g/mol. The molecule has 0 aromatic rings. The van der Waals surface area contributed by atoms with Gasteiger partial charge in [-0.2, -0.15) is 0 Å². The molecule has 0 saturated heterocycles. The second kappa shape index (κ2) is 4.60. The molecule has 0 amide bonds. The minimum absolute atomic E-state index is 0.420. The highest BCUT2D eigenvalue weighted by Gasteiger charge is 2.34. The van der Waals surface area contributed by atoms with Crippen LogP contribution >= 0.6 is 0 Å². The maximum atomic E-state index is 6.12. The first-order valence-corrected chi connectivity index (χ1v) is 8.69. The van der Waals surface area contributed by atoms with Crippen LogP contribution in [-0.2, 0) is 4.43 Å². The molecule has 1 saturated carbocycles. The molecule has 0 atom stereocenters. The second-order valence-corrected chi connectivity index (χ2v) is 9.36. The van der Waals surface area contributed by atoms with Crippen molar-refractivity contribution in [1.82, 2.24) is 0 Å². The summed E-state index contributed by atoms with van der Waals surface area (Å²) >= 11 is 0. The van der Waals surface area contributed by atoms with E-state index >= 15 is 0 Å². The van der Waals surface area contributed by atoms with Gasteiger partial charge in [0.2, 0.25) is 0 Å². The van der Waals surface area contributed by atoms with Crippen molar-refractivity contribution in [3.63, 3.8) is 0 Å². The summed E-state index contributed by atoms with van der Waals surface area (Å²) in [5.74, 6) is 0. The van der Waals surface area contributed by atoms with Gasteiger partial charge in [0.25, 0.3) is 0 Å². The van der Waals surface area contributed by atoms with Gasteiger partial charge in [-0.3, -0.25) is 0 Å². The Kier molecular flexibility index (Phi) is 3.99. The van der Waals surface area contributed by atoms with E-state index in [1.165, 1.54) is 32.1 Å². The number of rotatable bonds is 3. The maximum absolute atomic E-state index is 6.12. The van der Waals surface area contributed by atoms with E-state index < -0.39 is 8.32 Å². The fourth-order valence-corrected chi connectivity index (χ4v) is 5.71. The van der Waals surface area contributed by atoms with Gasteiger partial charge < -0.3 is 4.43 Å². The highest BCUT2D eigenvalue weighted by Crippen LogP contribution is 2.37. The van der Waals surface area contributed by atoms with Crippen LogP contribution in [0.3, 0.4) is 0 Å². The predicted molar refractivity (Wildman–Crippen MR) is 60.5 cm³/mol. The van der Waals surface area contributed by atoms with Gasteiger partial charge in [0.05, 0.1) is 0 Å². The molecule has 2 heteroatoms. The summed E-state index contributed by atoms with van der Waals surface area (Å²) < 4.78 is 6.12. The lowest BCUT2D eigenvalue weighted by Crippen LogP contribution is -2.39. The van der Waals surface area contributed by atoms with Gasteiger partial charge in [-0.25, -0.2) is 0 Å². The van der Waals surface area contributed by atoms with E-state index in [0.717, 1.165) is 5.54 Å². The molecular formula is C11H24OSi. The Labute approximate surface area is 84.0 Å². The zero-order chi connectivity index (χ0) is 9.90. The van der Waals surface area contributed by atoms with Gasteiger partial charge >= 0.3 is 0 Å². The first-order valence-electron chi connectivity index (χ1n) is 5.70. The van der Waals surface area contributed by atoms with Gasteiger partial charge in [-0.15, -0.1) is 0 Å². The molecule has 1 aliphatic carbocycles. The van der Waals surface area contributed by atoms with Crippen LogP contribution in [0.4, 0.5) is 0 Å². The summed E-state index contributed by atoms with van der Waals surface area (Å²) in [6.45, 7) is 9.11. The summed E-state index contributed by atoms with van der Waals surface area (Å²) in [6, 6.07) is 0. The molecule has 0 aliphatic heterocycles. The Balaban J connectivity index is 2.45. The molecule has 78 valence electrons. The minimum Gasteiger partial charge on any atom is -0.415 e. The van der Waals surface area contributed by atoms with Crippen molar-refractivity contribution in [2.24, 2.45) is 0 Å². The molecule has 0 radical (unpaired) electrons. The molecule has 1 nitrogen and oxygen atoms in total. The molecule has 0 aromatic heterocycles. The fraction of sp³-hybridized carbons (Fsp3) is 1.00. The van der Waals surface area contributed by atoms with E-state index in [0.29, 0.717) is 6.10 Å². The van der Waals surface area contributed by atoms with Crippen molar-refractivity contribution in [1.29, 1.82) is 0 Å². The van der Waals surface area contributed by atoms with Crippen molar-refractivity contribution in [3.05, 3.63) is 0 Å². The van der Waals surface area contributed by atoms with Crippen LogP contribution in [0.5, 0.6) is 0 Å². The summed E-state index contributed by atoms with van der Waals surface area (Å²) in [5, 5.41) is 0. The van der Waals surface area contributed by atoms with Gasteiger partial charge in [0, 0.05) is 6.10 Å². The Morgan fingerprint density at radius 2 is 1.62 bits per heavy atom. The molecule has 13 heavy (non-hydrogen) atoms. The van der Waals surface area contributed by atoms with Crippen LogP contribution in [0.15, 0.2) is 0 Å². The zero-order valence-corrected chi connectivity index (χ0v) is 10.6. The average molecular weight is 200 g/mol. The molecule has 0 N–H and O–H groups in total. The lowest BCUT2D eigenvalue weighted by Gasteiger charge is -2.36. The zero-order valence-electron chi connectivity index (χ0n) is 9.60. The molecule has 1 rings (SSSR count). The van der Waals surface area contributed by atoms with Gasteiger partial charge in [0.15, 0.2) is 8.32 Å². The van der Waals surface area contributed by atoms with E-state index in [1.807, 2.05) is 0 Å². The molecular weight excluding hydrogens is 176 g/mol. The minimum atomic E-state index is -1.37. The van der Waals surface area contributed by atoms with E-state index in [9.17, 15) is 0 Å². The number of hydrogen-bond donors (Lipinski definition) is 0. The predicted octanol–water partition coefficient (Wildman–Crippen LogP) is 3.95. The van der Waals surface area contributed by atoms with Crippen molar-refractivity contribution >= 4 is 8.32 Å². The Morgan fingerprint density at radius 1 is 1.08 bits per heavy atom. The quantitative estimate of drug-likeness (QED) is 0.627. The summed E-state index contributed by atoms with van der Waals surface area (Å²) in [4.78, 5) is 0. The average Bonchev–Trinajstić information content (AvgIpc) is 2.04. The highest BCUT2D eigenvalue weighted by molar-refractivity contribution is 6.72. The van der Waals surface area contributed by atoms with Crippen LogP contribution in [-0.4, -0.2) is 14.4 Å². The van der Waals surface area contributed by atoms with Gasteiger partial charge in [-0.05, 0) is 32.5 Å². The third-order valence-electron chi connectivity index (χ3n) is 3.13. The Hall–Kier alpha value is 0.177. The first kappa shape index (κ1) is 11.3. The Morgan fingerprint density at radius 3 is 2.08 bits per heavy atom. The highest BCUT2D eigenvalue weighted by atomic mass is 28.4. The van der Waals surface area contributed by atoms with E-state index in [2.05, 4.69) is 26.9 Å². The number of hydrogen-bond acceptors (Lipinski definition) is 1. The van der Waals surface area contributed by atoms with Crippen LogP contribution in [0.25, 0.3) is 0 Å². The topological polar surface area (TPSA) is 9.23 Å². The standard InChI is InChI=1S/C11H24OSi/c1-10(2)12-13(3,4)11-8-6-5-7-9-11/h10-11H,5-9H2,1-4H3. The van der Waals surface area contributed by atoms with Crippen molar-refractivity contribution in [2.75, 3.05) is 0 Å². The van der Waals surface area contributed by atoms with E-state index in [-0.39, 0.29) is 0 Å². The van der Waals surface area contributed by atoms with Crippen LogP contribution in [0, 0.1) is 0 Å². The normalized spacial score (nSPS) is 21.0. The van der Waals surface area contributed by atoms with Crippen LogP contribution in [0.1, 0.15) is 46.0 Å². The molecule has 0 heterocycles. The lowest BCUT2D eigenvalue weighted by molar-refractivity contribution is 0.219. The molecule has 0 bridgehead atoms. The van der Waals surface area contributed by atoms with E-state index in [4.69, 9.17) is 4.43 Å². The van der Waals surface area contributed by atoms with Crippen LogP contribution < -0.4 is 0 Å². The third kappa shape index (κ3) is 3.43. The van der Waals surface area contributed by atoms with Crippen molar-refractivity contribution in [2.45, 2.75) is 70.7 Å². The fourth-order valence-electron chi connectivity index (χ4n) is 2.50. The molecule has 1 aliphatic rings. The van der Waals surface area contributed by atoms with Crippen molar-refractivity contribution < 1.29 is 4.43 Å².